The van der Waals surface area contributed by atoms with Gasteiger partial charge in [-0.25, -0.2) is 0 Å². The van der Waals surface area contributed by atoms with E-state index in [2.05, 4.69) is 5.32 Å². The summed E-state index contributed by atoms with van der Waals surface area (Å²) in [6, 6.07) is 6.12. The zero-order chi connectivity index (χ0) is 13.9. The van der Waals surface area contributed by atoms with Crippen molar-refractivity contribution in [2.24, 2.45) is 0 Å². The van der Waals surface area contributed by atoms with E-state index in [0.29, 0.717) is 0 Å². The van der Waals surface area contributed by atoms with E-state index in [1.54, 1.807) is 12.1 Å². The second-order valence-corrected chi connectivity index (χ2v) is 5.81. The van der Waals surface area contributed by atoms with E-state index in [1.807, 2.05) is 0 Å². The predicted octanol–water partition coefficient (Wildman–Crippen LogP) is 4.01. The van der Waals surface area contributed by atoms with Gasteiger partial charge in [0.15, 0.2) is 0 Å². The van der Waals surface area contributed by atoms with Crippen molar-refractivity contribution >= 4 is 17.4 Å². The lowest BCUT2D eigenvalue weighted by Gasteiger charge is -2.29. The van der Waals surface area contributed by atoms with E-state index in [-0.39, 0.29) is 28.8 Å². The van der Waals surface area contributed by atoms with Crippen LogP contribution < -0.4 is 5.32 Å². The Hall–Kier alpha value is -0.880. The highest BCUT2D eigenvalue weighted by Crippen LogP contribution is 2.37. The lowest BCUT2D eigenvalue weighted by atomic mass is 9.92. The van der Waals surface area contributed by atoms with E-state index >= 15 is 0 Å². The van der Waals surface area contributed by atoms with Crippen molar-refractivity contribution in [2.75, 3.05) is 5.32 Å². The summed E-state index contributed by atoms with van der Waals surface area (Å²) >= 11 is -0.121. The molecule has 0 aromatic heterocycles. The van der Waals surface area contributed by atoms with Crippen molar-refractivity contribution in [3.8, 4) is 0 Å². The van der Waals surface area contributed by atoms with Gasteiger partial charge in [-0.05, 0) is 48.9 Å². The molecule has 0 heterocycles. The van der Waals surface area contributed by atoms with Crippen LogP contribution in [-0.2, 0) is 0 Å². The van der Waals surface area contributed by atoms with Gasteiger partial charge in [-0.2, -0.15) is 13.2 Å². The number of nitrogens with one attached hydrogen (secondary N) is 1. The lowest BCUT2D eigenvalue weighted by Crippen LogP contribution is -2.36. The maximum atomic E-state index is 12.2. The molecule has 0 amide bonds. The molecular formula is C13H16F3NOS. The third kappa shape index (κ3) is 4.62. The molecule has 106 valence electrons. The average Bonchev–Trinajstić information content (AvgIpc) is 2.33. The fraction of sp³-hybridized carbons (Fsp3) is 0.538. The van der Waals surface area contributed by atoms with Crippen molar-refractivity contribution < 1.29 is 18.3 Å². The fourth-order valence-electron chi connectivity index (χ4n) is 2.25. The van der Waals surface area contributed by atoms with Crippen molar-refractivity contribution in [3.05, 3.63) is 24.3 Å². The van der Waals surface area contributed by atoms with Gasteiger partial charge >= 0.3 is 5.51 Å². The van der Waals surface area contributed by atoms with Crippen LogP contribution in [0.15, 0.2) is 29.2 Å². The molecule has 19 heavy (non-hydrogen) atoms. The summed E-state index contributed by atoms with van der Waals surface area (Å²) in [4.78, 5) is 0.169. The van der Waals surface area contributed by atoms with Crippen LogP contribution in [0.2, 0.25) is 0 Å². The third-order valence-corrected chi connectivity index (χ3v) is 3.91. The highest BCUT2D eigenvalue weighted by Gasteiger charge is 2.29. The SMILES string of the molecule is O[C@H]1CCCC[C@@H]1Nc1ccc(SC(F)(F)F)cc1. The molecule has 0 aliphatic heterocycles. The number of thioether (sulfide) groups is 1. The van der Waals surface area contributed by atoms with Crippen molar-refractivity contribution in [3.63, 3.8) is 0 Å². The number of rotatable bonds is 3. The normalized spacial score (nSPS) is 24.2. The maximum absolute atomic E-state index is 12.2. The number of hydrogen-bond donors (Lipinski definition) is 2. The summed E-state index contributed by atoms with van der Waals surface area (Å²) in [6.45, 7) is 0. The number of halogens is 3. The highest BCUT2D eigenvalue weighted by atomic mass is 32.2. The highest BCUT2D eigenvalue weighted by molar-refractivity contribution is 8.00. The molecule has 1 aromatic rings. The van der Waals surface area contributed by atoms with Gasteiger partial charge in [0.1, 0.15) is 0 Å². The Balaban J connectivity index is 1.94. The molecule has 2 rings (SSSR count). The first-order valence-electron chi connectivity index (χ1n) is 6.24. The largest absolute Gasteiger partial charge is 0.446 e. The zero-order valence-electron chi connectivity index (χ0n) is 10.3. The number of benzene rings is 1. The van der Waals surface area contributed by atoms with Crippen molar-refractivity contribution in [1.82, 2.24) is 0 Å². The molecule has 1 aliphatic carbocycles. The van der Waals surface area contributed by atoms with Crippen LogP contribution in [0, 0.1) is 0 Å². The number of hydrogen-bond acceptors (Lipinski definition) is 3. The first kappa shape index (κ1) is 14.5. The average molecular weight is 291 g/mol. The van der Waals surface area contributed by atoms with Crippen LogP contribution in [-0.4, -0.2) is 22.8 Å². The van der Waals surface area contributed by atoms with Gasteiger partial charge in [-0.15, -0.1) is 0 Å². The van der Waals surface area contributed by atoms with Gasteiger partial charge in [-0.1, -0.05) is 12.8 Å². The predicted molar refractivity (Wildman–Crippen MR) is 70.2 cm³/mol. The minimum atomic E-state index is -4.26. The maximum Gasteiger partial charge on any atom is 0.446 e. The number of alkyl halides is 3. The first-order chi connectivity index (χ1) is 8.94. The van der Waals surface area contributed by atoms with Crippen molar-refractivity contribution in [2.45, 2.75) is 48.2 Å². The Morgan fingerprint density at radius 3 is 2.32 bits per heavy atom. The minimum Gasteiger partial charge on any atom is -0.391 e. The van der Waals surface area contributed by atoms with Gasteiger partial charge in [0.05, 0.1) is 12.1 Å². The molecule has 2 nitrogen and oxygen atoms in total. The minimum absolute atomic E-state index is 0.00475. The van der Waals surface area contributed by atoms with Gasteiger partial charge < -0.3 is 10.4 Å². The van der Waals surface area contributed by atoms with Crippen molar-refractivity contribution in [1.29, 1.82) is 0 Å². The lowest BCUT2D eigenvalue weighted by molar-refractivity contribution is -0.0328. The number of aliphatic hydroxyl groups is 1. The smallest absolute Gasteiger partial charge is 0.391 e. The molecule has 0 unspecified atom stereocenters. The Morgan fingerprint density at radius 1 is 1.11 bits per heavy atom. The van der Waals surface area contributed by atoms with E-state index in [9.17, 15) is 18.3 Å². The van der Waals surface area contributed by atoms with Gasteiger partial charge in [0.25, 0.3) is 0 Å². The van der Waals surface area contributed by atoms with E-state index in [4.69, 9.17) is 0 Å². The van der Waals surface area contributed by atoms with Gasteiger partial charge in [0.2, 0.25) is 0 Å². The molecule has 1 saturated carbocycles. The number of anilines is 1. The van der Waals surface area contributed by atoms with Crippen LogP contribution in [0.4, 0.5) is 18.9 Å². The molecule has 6 heteroatoms. The molecule has 0 bridgehead atoms. The van der Waals surface area contributed by atoms with E-state index in [0.717, 1.165) is 31.4 Å². The Bertz CT molecular complexity index is 407. The molecule has 1 fully saturated rings. The molecule has 2 N–H and O–H groups in total. The summed E-state index contributed by atoms with van der Waals surface area (Å²) in [5.41, 5.74) is -3.51. The van der Waals surface area contributed by atoms with Gasteiger partial charge in [0, 0.05) is 10.6 Å². The number of aliphatic hydroxyl groups excluding tert-OH is 1. The fourth-order valence-corrected chi connectivity index (χ4v) is 2.79. The summed E-state index contributed by atoms with van der Waals surface area (Å²) in [5.74, 6) is 0. The summed E-state index contributed by atoms with van der Waals surface area (Å²) in [6.07, 6.45) is 3.38. The Kier molecular flexibility index (Phi) is 4.62. The summed E-state index contributed by atoms with van der Waals surface area (Å²) in [7, 11) is 0. The third-order valence-electron chi connectivity index (χ3n) is 3.17. The molecule has 2 atom stereocenters. The first-order valence-corrected chi connectivity index (χ1v) is 7.06. The van der Waals surface area contributed by atoms with Crippen LogP contribution in [0.3, 0.4) is 0 Å². The van der Waals surface area contributed by atoms with Crippen LogP contribution in [0.25, 0.3) is 0 Å². The molecule has 1 aromatic carbocycles. The molecular weight excluding hydrogens is 275 g/mol. The van der Waals surface area contributed by atoms with Crippen LogP contribution in [0.5, 0.6) is 0 Å². The molecule has 1 aliphatic rings. The van der Waals surface area contributed by atoms with Crippen LogP contribution in [0.1, 0.15) is 25.7 Å². The van der Waals surface area contributed by atoms with E-state index in [1.165, 1.54) is 12.1 Å². The molecule has 0 spiro atoms. The van der Waals surface area contributed by atoms with Gasteiger partial charge in [-0.3, -0.25) is 0 Å². The second-order valence-electron chi connectivity index (χ2n) is 4.67. The Morgan fingerprint density at radius 2 is 1.74 bits per heavy atom. The summed E-state index contributed by atoms with van der Waals surface area (Å²) in [5, 5.41) is 13.0. The quantitative estimate of drug-likeness (QED) is 0.825. The monoisotopic (exact) mass is 291 g/mol. The molecule has 0 saturated heterocycles. The second kappa shape index (κ2) is 6.05. The summed E-state index contributed by atoms with van der Waals surface area (Å²) < 4.78 is 36.5. The Labute approximate surface area is 114 Å². The molecule has 0 radical (unpaired) electrons. The van der Waals surface area contributed by atoms with E-state index < -0.39 is 5.51 Å². The zero-order valence-corrected chi connectivity index (χ0v) is 11.1. The van der Waals surface area contributed by atoms with Crippen LogP contribution >= 0.6 is 11.8 Å². The topological polar surface area (TPSA) is 32.3 Å². The standard InChI is InChI=1S/C13H16F3NOS/c14-13(15,16)19-10-7-5-9(6-8-10)17-11-3-1-2-4-12(11)18/h5-8,11-12,17-18H,1-4H2/t11-,12-/m0/s1.